The van der Waals surface area contributed by atoms with Gasteiger partial charge in [0, 0.05) is 24.2 Å². The zero-order chi connectivity index (χ0) is 18.1. The number of guanidine groups is 1. The molecule has 25 heavy (non-hydrogen) atoms. The first-order valence-corrected chi connectivity index (χ1v) is 8.20. The van der Waals surface area contributed by atoms with Crippen molar-refractivity contribution in [2.24, 2.45) is 4.99 Å². The average Bonchev–Trinajstić information content (AvgIpc) is 2.65. The predicted octanol–water partition coefficient (Wildman–Crippen LogP) is 2.58. The van der Waals surface area contributed by atoms with Crippen molar-refractivity contribution in [1.82, 2.24) is 10.6 Å². The first kappa shape index (κ1) is 18.7. The van der Waals surface area contributed by atoms with Crippen LogP contribution in [0, 0.1) is 5.82 Å². The van der Waals surface area contributed by atoms with Gasteiger partial charge in [0.25, 0.3) is 0 Å². The maximum atomic E-state index is 13.4. The van der Waals surface area contributed by atoms with Crippen molar-refractivity contribution in [2.75, 3.05) is 13.7 Å². The van der Waals surface area contributed by atoms with E-state index in [2.05, 4.69) is 15.6 Å². The summed E-state index contributed by atoms with van der Waals surface area (Å²) in [5, 5.41) is 15.6. The highest BCUT2D eigenvalue weighted by Gasteiger charge is 2.05. The molecule has 2 aromatic carbocycles. The quantitative estimate of drug-likeness (QED) is 0.533. The van der Waals surface area contributed by atoms with Crippen LogP contribution in [-0.2, 0) is 19.7 Å². The molecule has 0 heterocycles. The summed E-state index contributed by atoms with van der Waals surface area (Å²) in [6, 6.07) is 12.4. The number of nitrogens with one attached hydrogen (secondary N) is 2. The molecule has 6 heteroatoms. The van der Waals surface area contributed by atoms with Gasteiger partial charge < -0.3 is 20.5 Å². The molecule has 134 valence electrons. The molecule has 0 atom stereocenters. The Kier molecular flexibility index (Phi) is 7.22. The molecule has 0 unspecified atom stereocenters. The van der Waals surface area contributed by atoms with Crippen LogP contribution in [0.15, 0.2) is 47.5 Å². The van der Waals surface area contributed by atoms with Crippen LogP contribution in [0.3, 0.4) is 0 Å². The number of para-hydroxylation sites is 1. The minimum absolute atomic E-state index is 0.277. The summed E-state index contributed by atoms with van der Waals surface area (Å²) in [5.41, 5.74) is 2.14. The second kappa shape index (κ2) is 9.64. The Hall–Kier alpha value is -2.60. The summed E-state index contributed by atoms with van der Waals surface area (Å²) in [7, 11) is 1.64. The van der Waals surface area contributed by atoms with Crippen LogP contribution >= 0.6 is 0 Å². The van der Waals surface area contributed by atoms with Gasteiger partial charge in [0.2, 0.25) is 0 Å². The molecule has 0 aliphatic heterocycles. The highest BCUT2D eigenvalue weighted by Crippen LogP contribution is 2.16. The van der Waals surface area contributed by atoms with Crippen molar-refractivity contribution in [2.45, 2.75) is 26.6 Å². The van der Waals surface area contributed by atoms with Gasteiger partial charge in [-0.15, -0.1) is 0 Å². The Balaban J connectivity index is 2.05. The molecular weight excluding hydrogens is 321 g/mol. The first-order valence-electron chi connectivity index (χ1n) is 8.20. The second-order valence-electron chi connectivity index (χ2n) is 5.44. The lowest BCUT2D eigenvalue weighted by Crippen LogP contribution is -2.36. The summed E-state index contributed by atoms with van der Waals surface area (Å²) >= 11 is 0. The van der Waals surface area contributed by atoms with E-state index in [9.17, 15) is 4.39 Å². The molecular formula is C19H24FN3O2. The van der Waals surface area contributed by atoms with E-state index in [4.69, 9.17) is 9.84 Å². The van der Waals surface area contributed by atoms with Crippen molar-refractivity contribution >= 4 is 5.96 Å². The second-order valence-corrected chi connectivity index (χ2v) is 5.44. The largest absolute Gasteiger partial charge is 0.496 e. The number of hydrogen-bond donors (Lipinski definition) is 3. The summed E-state index contributed by atoms with van der Waals surface area (Å²) in [6.45, 7) is 3.34. The van der Waals surface area contributed by atoms with E-state index < -0.39 is 5.82 Å². The fourth-order valence-electron chi connectivity index (χ4n) is 2.39. The number of hydrogen-bond acceptors (Lipinski definition) is 3. The Morgan fingerprint density at radius 1 is 1.16 bits per heavy atom. The summed E-state index contributed by atoms with van der Waals surface area (Å²) in [5.74, 6) is 1.07. The molecule has 0 aromatic heterocycles. The maximum Gasteiger partial charge on any atom is 0.191 e. The van der Waals surface area contributed by atoms with Crippen molar-refractivity contribution in [3.05, 3.63) is 65.0 Å². The first-order chi connectivity index (χ1) is 12.2. The third-order valence-corrected chi connectivity index (χ3v) is 3.68. The topological polar surface area (TPSA) is 65.9 Å². The Bertz CT molecular complexity index is 720. The van der Waals surface area contributed by atoms with Crippen molar-refractivity contribution in [3.8, 4) is 5.75 Å². The monoisotopic (exact) mass is 345 g/mol. The van der Waals surface area contributed by atoms with E-state index in [0.717, 1.165) is 23.4 Å². The highest BCUT2D eigenvalue weighted by atomic mass is 19.1. The Morgan fingerprint density at radius 3 is 2.68 bits per heavy atom. The number of halogens is 1. The molecule has 2 aromatic rings. The standard InChI is InChI=1S/C19H24FN3O2/c1-3-21-19(23-12-15-6-4-5-7-18(15)25-2)22-11-14-8-9-17(20)16(10-14)13-24/h4-10,24H,3,11-13H2,1-2H3,(H2,21,22,23). The smallest absolute Gasteiger partial charge is 0.191 e. The molecule has 0 aliphatic carbocycles. The number of rotatable bonds is 7. The maximum absolute atomic E-state index is 13.4. The van der Waals surface area contributed by atoms with E-state index >= 15 is 0 Å². The predicted molar refractivity (Wildman–Crippen MR) is 97.0 cm³/mol. The molecule has 0 amide bonds. The van der Waals surface area contributed by atoms with Gasteiger partial charge in [-0.25, -0.2) is 9.38 Å². The molecule has 0 saturated heterocycles. The molecule has 2 rings (SSSR count). The van der Waals surface area contributed by atoms with Gasteiger partial charge in [0.1, 0.15) is 11.6 Å². The number of aliphatic hydroxyl groups excluding tert-OH is 1. The molecule has 5 nitrogen and oxygen atoms in total. The lowest BCUT2D eigenvalue weighted by Gasteiger charge is -2.13. The average molecular weight is 345 g/mol. The molecule has 0 aliphatic rings. The van der Waals surface area contributed by atoms with Crippen LogP contribution in [0.4, 0.5) is 4.39 Å². The molecule has 0 bridgehead atoms. The summed E-state index contributed by atoms with van der Waals surface area (Å²) in [4.78, 5) is 4.51. The van der Waals surface area contributed by atoms with Gasteiger partial charge in [-0.3, -0.25) is 0 Å². The van der Waals surface area contributed by atoms with Crippen LogP contribution in [0.5, 0.6) is 5.75 Å². The van der Waals surface area contributed by atoms with E-state index in [-0.39, 0.29) is 12.2 Å². The molecule has 3 N–H and O–H groups in total. The van der Waals surface area contributed by atoms with Crippen LogP contribution in [-0.4, -0.2) is 24.7 Å². The molecule has 0 fully saturated rings. The van der Waals surface area contributed by atoms with E-state index in [1.165, 1.54) is 6.07 Å². The van der Waals surface area contributed by atoms with Gasteiger partial charge in [-0.1, -0.05) is 24.3 Å². The SMILES string of the molecule is CCNC(=NCc1ccc(F)c(CO)c1)NCc1ccccc1OC. The summed E-state index contributed by atoms with van der Waals surface area (Å²) in [6.07, 6.45) is 0. The van der Waals surface area contributed by atoms with E-state index in [1.54, 1.807) is 19.2 Å². The number of nitrogens with zero attached hydrogens (tertiary/aromatic N) is 1. The van der Waals surface area contributed by atoms with Crippen molar-refractivity contribution < 1.29 is 14.2 Å². The zero-order valence-electron chi connectivity index (χ0n) is 14.6. The number of methoxy groups -OCH3 is 1. The number of ether oxygens (including phenoxy) is 1. The fraction of sp³-hybridized carbons (Fsp3) is 0.316. The van der Waals surface area contributed by atoms with Crippen LogP contribution in [0.2, 0.25) is 0 Å². The molecule has 0 radical (unpaired) electrons. The molecule has 0 saturated carbocycles. The Labute approximate surface area is 147 Å². The van der Waals surface area contributed by atoms with E-state index in [1.807, 2.05) is 31.2 Å². The van der Waals surface area contributed by atoms with Gasteiger partial charge in [0.05, 0.1) is 20.3 Å². The van der Waals surface area contributed by atoms with Gasteiger partial charge in [0.15, 0.2) is 5.96 Å². The number of benzene rings is 2. The van der Waals surface area contributed by atoms with E-state index in [0.29, 0.717) is 19.0 Å². The van der Waals surface area contributed by atoms with Gasteiger partial charge >= 0.3 is 0 Å². The third kappa shape index (κ3) is 5.46. The Morgan fingerprint density at radius 2 is 1.96 bits per heavy atom. The van der Waals surface area contributed by atoms with Crippen LogP contribution in [0.25, 0.3) is 0 Å². The highest BCUT2D eigenvalue weighted by molar-refractivity contribution is 5.79. The summed E-state index contributed by atoms with van der Waals surface area (Å²) < 4.78 is 18.8. The normalized spacial score (nSPS) is 11.3. The van der Waals surface area contributed by atoms with Crippen LogP contribution < -0.4 is 15.4 Å². The van der Waals surface area contributed by atoms with Crippen molar-refractivity contribution in [1.29, 1.82) is 0 Å². The van der Waals surface area contributed by atoms with Crippen molar-refractivity contribution in [3.63, 3.8) is 0 Å². The minimum Gasteiger partial charge on any atom is -0.496 e. The fourth-order valence-corrected chi connectivity index (χ4v) is 2.39. The number of aliphatic imine (C=N–C) groups is 1. The molecule has 0 spiro atoms. The third-order valence-electron chi connectivity index (χ3n) is 3.68. The minimum atomic E-state index is -0.406. The van der Waals surface area contributed by atoms with Gasteiger partial charge in [-0.2, -0.15) is 0 Å². The van der Waals surface area contributed by atoms with Crippen LogP contribution in [0.1, 0.15) is 23.6 Å². The number of aliphatic hydroxyl groups is 1. The lowest BCUT2D eigenvalue weighted by atomic mass is 10.1. The van der Waals surface area contributed by atoms with Gasteiger partial charge in [-0.05, 0) is 30.7 Å². The lowest BCUT2D eigenvalue weighted by molar-refractivity contribution is 0.275. The zero-order valence-corrected chi connectivity index (χ0v) is 14.6.